The molecule has 0 N–H and O–H groups in total. The zero-order chi connectivity index (χ0) is 8.36. The van der Waals surface area contributed by atoms with E-state index in [1.165, 1.54) is 6.82 Å². The molecule has 0 fully saturated rings. The lowest BCUT2D eigenvalue weighted by atomic mass is 9.76. The summed E-state index contributed by atoms with van der Waals surface area (Å²) in [5.74, 6) is -1.77. The Bertz CT molecular complexity index is 135. The van der Waals surface area contributed by atoms with Crippen molar-refractivity contribution in [2.24, 2.45) is 0 Å². The Balaban J connectivity index is 4.09. The van der Waals surface area contributed by atoms with Crippen LogP contribution in [-0.4, -0.2) is 24.0 Å². The van der Waals surface area contributed by atoms with Crippen molar-refractivity contribution in [3.8, 4) is 0 Å². The Morgan fingerprint density at radius 2 is 2.00 bits per heavy atom. The van der Waals surface area contributed by atoms with E-state index in [0.29, 0.717) is 0 Å². The normalized spacial score (nSPS) is 14.5. The first-order chi connectivity index (χ1) is 4.39. The highest BCUT2D eigenvalue weighted by Crippen LogP contribution is 2.20. The van der Waals surface area contributed by atoms with Gasteiger partial charge in [-0.25, -0.2) is 0 Å². The van der Waals surface area contributed by atoms with Crippen LogP contribution in [0.2, 0.25) is 6.82 Å². The van der Waals surface area contributed by atoms with Crippen LogP contribution in [0.4, 0.5) is 13.2 Å². The third-order valence-corrected chi connectivity index (χ3v) is 1.77. The topological polar surface area (TPSA) is 17.1 Å². The molecule has 0 saturated carbocycles. The van der Waals surface area contributed by atoms with E-state index in [9.17, 15) is 18.0 Å². The highest BCUT2D eigenvalue weighted by atomic mass is 79.9. The molecule has 1 radical (unpaired) electrons. The second-order valence-corrected chi connectivity index (χ2v) is 2.58. The second kappa shape index (κ2) is 3.41. The predicted octanol–water partition coefficient (Wildman–Crippen LogP) is 1.59. The van der Waals surface area contributed by atoms with E-state index < -0.39 is 16.7 Å². The summed E-state index contributed by atoms with van der Waals surface area (Å²) in [4.78, 5) is 10.2. The van der Waals surface area contributed by atoms with Gasteiger partial charge in [-0.1, -0.05) is 22.8 Å². The lowest BCUT2D eigenvalue weighted by Crippen LogP contribution is -2.33. The average molecular weight is 216 g/mol. The van der Waals surface area contributed by atoms with Crippen molar-refractivity contribution in [2.75, 3.05) is 0 Å². The number of carbonyl (C=O) groups excluding carboxylic acids is 1. The maximum atomic E-state index is 11.5. The van der Waals surface area contributed by atoms with Crippen LogP contribution >= 0.6 is 15.9 Å². The third kappa shape index (κ3) is 2.73. The molecule has 0 heterocycles. The van der Waals surface area contributed by atoms with Gasteiger partial charge in [-0.15, -0.1) is 0 Å². The first-order valence-corrected chi connectivity index (χ1v) is 3.35. The molecule has 0 aliphatic carbocycles. The zero-order valence-electron chi connectivity index (χ0n) is 5.07. The maximum Gasteiger partial charge on any atom is 0.450 e. The molecule has 0 rings (SSSR count). The third-order valence-electron chi connectivity index (χ3n) is 0.823. The number of alkyl halides is 4. The molecule has 57 valence electrons. The molecule has 1 unspecified atom stereocenters. The number of hydrogen-bond donors (Lipinski definition) is 0. The van der Waals surface area contributed by atoms with E-state index in [-0.39, 0.29) is 0 Å². The van der Waals surface area contributed by atoms with E-state index >= 15 is 0 Å². The van der Waals surface area contributed by atoms with Crippen molar-refractivity contribution in [3.63, 3.8) is 0 Å². The van der Waals surface area contributed by atoms with E-state index in [1.54, 1.807) is 0 Å². The second-order valence-electron chi connectivity index (χ2n) is 1.60. The fraction of sp³-hybridized carbons (Fsp3) is 0.750. The number of rotatable bonds is 2. The van der Waals surface area contributed by atoms with Gasteiger partial charge in [0.25, 0.3) is 0 Å². The summed E-state index contributed by atoms with van der Waals surface area (Å²) in [6.45, 7) is 1.38. The molecule has 0 spiro atoms. The molecule has 0 aromatic heterocycles. The molecule has 1 nitrogen and oxygen atoms in total. The van der Waals surface area contributed by atoms with Crippen molar-refractivity contribution < 1.29 is 18.0 Å². The highest BCUT2D eigenvalue weighted by molar-refractivity contribution is 9.10. The maximum absolute atomic E-state index is 11.5. The van der Waals surface area contributed by atoms with Crippen molar-refractivity contribution in [1.29, 1.82) is 0 Å². The van der Waals surface area contributed by atoms with Crippen LogP contribution in [0.1, 0.15) is 0 Å². The Kier molecular flexibility index (Phi) is 3.41. The van der Waals surface area contributed by atoms with E-state index in [2.05, 4.69) is 15.9 Å². The van der Waals surface area contributed by atoms with Crippen molar-refractivity contribution in [2.45, 2.75) is 17.7 Å². The van der Waals surface area contributed by atoms with Crippen LogP contribution in [0.25, 0.3) is 0 Å². The van der Waals surface area contributed by atoms with E-state index in [0.717, 1.165) is 7.28 Å². The van der Waals surface area contributed by atoms with Crippen molar-refractivity contribution in [1.82, 2.24) is 0 Å². The van der Waals surface area contributed by atoms with Crippen molar-refractivity contribution in [3.05, 3.63) is 0 Å². The fourth-order valence-electron chi connectivity index (χ4n) is 0.308. The van der Waals surface area contributed by atoms with Crippen LogP contribution in [0, 0.1) is 0 Å². The van der Waals surface area contributed by atoms with Gasteiger partial charge >= 0.3 is 6.18 Å². The van der Waals surface area contributed by atoms with Gasteiger partial charge in [0.15, 0.2) is 0 Å². The quantitative estimate of drug-likeness (QED) is 0.505. The SMILES string of the molecule is C[B]C(Br)C(=O)C(F)(F)F. The molecular formula is C4H4BBrF3O. The Hall–Kier alpha value is 0.00494. The first kappa shape index (κ1) is 10.0. The summed E-state index contributed by atoms with van der Waals surface area (Å²) < 4.78 is 33.2. The van der Waals surface area contributed by atoms with Gasteiger partial charge in [-0.05, 0) is 0 Å². The Morgan fingerprint density at radius 1 is 1.60 bits per heavy atom. The van der Waals surface area contributed by atoms with Gasteiger partial charge in [0.1, 0.15) is 7.28 Å². The Labute approximate surface area is 65.3 Å². The predicted molar refractivity (Wildman–Crippen MR) is 35.4 cm³/mol. The minimum Gasteiger partial charge on any atom is -0.289 e. The summed E-state index contributed by atoms with van der Waals surface area (Å²) in [6, 6.07) is 0. The molecule has 0 aromatic rings. The molecule has 0 aliphatic rings. The van der Waals surface area contributed by atoms with Gasteiger partial charge in [0.05, 0.1) is 4.73 Å². The molecule has 6 heteroatoms. The number of halogens is 4. The molecule has 0 aliphatic heterocycles. The van der Waals surface area contributed by atoms with E-state index in [4.69, 9.17) is 0 Å². The average Bonchev–Trinajstić information content (AvgIpc) is 1.83. The van der Waals surface area contributed by atoms with Crippen LogP contribution in [0.15, 0.2) is 0 Å². The number of carbonyl (C=O) groups is 1. The summed E-state index contributed by atoms with van der Waals surface area (Å²) in [7, 11) is 1.13. The molecule has 10 heavy (non-hydrogen) atoms. The summed E-state index contributed by atoms with van der Waals surface area (Å²) in [6.07, 6.45) is -4.74. The minimum absolute atomic E-state index is 1.13. The van der Waals surface area contributed by atoms with Crippen LogP contribution in [0.5, 0.6) is 0 Å². The molecule has 0 amide bonds. The number of Topliss-reactive ketones (excluding diaryl/α,β-unsaturated/α-hetero) is 1. The summed E-state index contributed by atoms with van der Waals surface area (Å²) >= 11 is 2.55. The molecule has 0 bridgehead atoms. The lowest BCUT2D eigenvalue weighted by Gasteiger charge is -2.07. The largest absolute Gasteiger partial charge is 0.450 e. The van der Waals surface area contributed by atoms with Gasteiger partial charge < -0.3 is 0 Å². The number of hydrogen-bond acceptors (Lipinski definition) is 1. The highest BCUT2D eigenvalue weighted by Gasteiger charge is 2.41. The van der Waals surface area contributed by atoms with Crippen LogP contribution in [0.3, 0.4) is 0 Å². The monoisotopic (exact) mass is 215 g/mol. The lowest BCUT2D eigenvalue weighted by molar-refractivity contribution is -0.168. The van der Waals surface area contributed by atoms with Crippen molar-refractivity contribution >= 4 is 29.0 Å². The molecular weight excluding hydrogens is 212 g/mol. The molecule has 0 aromatic carbocycles. The summed E-state index contributed by atoms with van der Waals surface area (Å²) in [5, 5.41) is 0. The van der Waals surface area contributed by atoms with Gasteiger partial charge in [0, 0.05) is 0 Å². The van der Waals surface area contributed by atoms with Gasteiger partial charge in [-0.2, -0.15) is 13.2 Å². The van der Waals surface area contributed by atoms with Crippen LogP contribution in [-0.2, 0) is 4.79 Å². The zero-order valence-corrected chi connectivity index (χ0v) is 6.66. The Morgan fingerprint density at radius 3 is 2.10 bits per heavy atom. The minimum atomic E-state index is -4.74. The number of ketones is 1. The molecule has 1 atom stereocenters. The van der Waals surface area contributed by atoms with Gasteiger partial charge in [0.2, 0.25) is 5.78 Å². The summed E-state index contributed by atoms with van der Waals surface area (Å²) in [5.41, 5.74) is 0. The van der Waals surface area contributed by atoms with Crippen LogP contribution < -0.4 is 0 Å². The fourth-order valence-corrected chi connectivity index (χ4v) is 0.567. The smallest absolute Gasteiger partial charge is 0.289 e. The van der Waals surface area contributed by atoms with E-state index in [1.807, 2.05) is 0 Å². The standard InChI is InChI=1S/C4H4BBrF3O/c1-5-3(6)2(10)4(7,8)9/h3H,1H3. The molecule has 0 saturated heterocycles. The van der Waals surface area contributed by atoms with Gasteiger partial charge in [-0.3, -0.25) is 4.79 Å². The first-order valence-electron chi connectivity index (χ1n) is 2.44.